The summed E-state index contributed by atoms with van der Waals surface area (Å²) in [5.74, 6) is -4.61. The van der Waals surface area contributed by atoms with E-state index in [1.165, 1.54) is 0 Å². The van der Waals surface area contributed by atoms with Crippen LogP contribution in [0.4, 0.5) is 0 Å². The highest BCUT2D eigenvalue weighted by Crippen LogP contribution is 2.41. The minimum Gasteiger partial charge on any atom is -0.272 e. The molecule has 8 nitrogen and oxygen atoms in total. The molecule has 0 saturated carbocycles. The van der Waals surface area contributed by atoms with Crippen LogP contribution < -0.4 is 0 Å². The Morgan fingerprint density at radius 2 is 0.973 bits per heavy atom. The minimum atomic E-state index is -0.888. The van der Waals surface area contributed by atoms with E-state index < -0.39 is 41.4 Å². The van der Waals surface area contributed by atoms with Gasteiger partial charge in [0.1, 0.15) is 0 Å². The first-order chi connectivity index (χ1) is 17.9. The molecule has 3 aromatic rings. The van der Waals surface area contributed by atoms with Crippen LogP contribution in [0.5, 0.6) is 0 Å². The molecule has 0 N–H and O–H groups in total. The summed E-state index contributed by atoms with van der Waals surface area (Å²) in [5, 5.41) is 10.4. The molecule has 2 heterocycles. The Bertz CT molecular complexity index is 1340. The van der Waals surface area contributed by atoms with Gasteiger partial charge in [0.05, 0.1) is 11.8 Å². The smallest absolute Gasteiger partial charge is 0.272 e. The molecule has 0 saturated heterocycles. The van der Waals surface area contributed by atoms with E-state index >= 15 is 0 Å². The molecule has 0 bridgehead atoms. The van der Waals surface area contributed by atoms with Gasteiger partial charge in [-0.25, -0.2) is 0 Å². The van der Waals surface area contributed by atoms with Gasteiger partial charge < -0.3 is 0 Å². The number of benzene rings is 3. The average molecular weight is 493 g/mol. The van der Waals surface area contributed by atoms with E-state index in [-0.39, 0.29) is 0 Å². The molecule has 2 atom stereocenters. The maximum absolute atomic E-state index is 13.7. The number of rotatable bonds is 5. The summed E-state index contributed by atoms with van der Waals surface area (Å²) < 4.78 is 0. The summed E-state index contributed by atoms with van der Waals surface area (Å²) in [7, 11) is 0. The van der Waals surface area contributed by atoms with Crippen LogP contribution in [0.1, 0.15) is 46.0 Å². The number of hydrogen-bond acceptors (Lipinski definition) is 6. The van der Waals surface area contributed by atoms with E-state index in [2.05, 4.69) is 10.2 Å². The van der Waals surface area contributed by atoms with Gasteiger partial charge in [-0.15, -0.1) is 0 Å². The normalized spacial score (nSPS) is 19.3. The van der Waals surface area contributed by atoms with Crippen LogP contribution in [-0.4, -0.2) is 45.1 Å². The Labute approximate surface area is 213 Å². The second kappa shape index (κ2) is 9.73. The summed E-state index contributed by atoms with van der Waals surface area (Å²) in [5.41, 5.74) is 2.21. The predicted molar refractivity (Wildman–Crippen MR) is 138 cm³/mol. The largest absolute Gasteiger partial charge is 0.281 e. The van der Waals surface area contributed by atoms with Crippen LogP contribution in [0, 0.1) is 11.8 Å². The summed E-state index contributed by atoms with van der Waals surface area (Å²) in [6.07, 6.45) is 0. The van der Waals surface area contributed by atoms with Gasteiger partial charge in [-0.2, -0.15) is 20.2 Å². The van der Waals surface area contributed by atoms with E-state index in [4.69, 9.17) is 0 Å². The van der Waals surface area contributed by atoms with Crippen LogP contribution in [0.2, 0.25) is 0 Å². The van der Waals surface area contributed by atoms with Crippen LogP contribution in [0.3, 0.4) is 0 Å². The molecule has 0 aliphatic carbocycles. The van der Waals surface area contributed by atoms with E-state index in [1.54, 1.807) is 74.5 Å². The molecule has 37 heavy (non-hydrogen) atoms. The molecule has 3 aromatic carbocycles. The molecule has 8 heteroatoms. The summed E-state index contributed by atoms with van der Waals surface area (Å²) >= 11 is 0. The molecule has 5 rings (SSSR count). The zero-order valence-corrected chi connectivity index (χ0v) is 20.3. The number of carbonyl (C=O) groups is 4. The maximum atomic E-state index is 13.7. The molecule has 2 aliphatic rings. The van der Waals surface area contributed by atoms with Gasteiger partial charge in [0.2, 0.25) is 0 Å². The second-order valence-electron chi connectivity index (χ2n) is 9.02. The van der Waals surface area contributed by atoms with Gasteiger partial charge in [0.15, 0.2) is 0 Å². The minimum absolute atomic E-state index is 0.332. The number of hydrogen-bond donors (Lipinski definition) is 0. The lowest BCUT2D eigenvalue weighted by Crippen LogP contribution is -2.42. The van der Waals surface area contributed by atoms with Crippen molar-refractivity contribution < 1.29 is 19.2 Å². The standard InChI is InChI=1S/C29H24N4O4/c1-18-23(28(36)32(30-18)26(34)21-14-8-4-9-15-21)25(20-12-6-3-7-13-20)24-19(2)31-33(29(24)37)27(35)22-16-10-5-11-17-22/h3-17,23-25H,1-2H3/t23-,24-/m1/s1. The van der Waals surface area contributed by atoms with Crippen molar-refractivity contribution in [2.24, 2.45) is 22.0 Å². The Kier molecular flexibility index (Phi) is 6.31. The predicted octanol–water partition coefficient (Wildman–Crippen LogP) is 4.12. The van der Waals surface area contributed by atoms with Crippen molar-refractivity contribution in [3.63, 3.8) is 0 Å². The third-order valence-corrected chi connectivity index (χ3v) is 6.69. The number of carbonyl (C=O) groups excluding carboxylic acids is 4. The van der Waals surface area contributed by atoms with Crippen molar-refractivity contribution in [2.45, 2.75) is 19.8 Å². The Hall–Kier alpha value is -4.72. The first-order valence-electron chi connectivity index (χ1n) is 11.9. The zero-order valence-electron chi connectivity index (χ0n) is 20.3. The molecule has 0 unspecified atom stereocenters. The lowest BCUT2D eigenvalue weighted by Gasteiger charge is -2.28. The van der Waals surface area contributed by atoms with Gasteiger partial charge >= 0.3 is 0 Å². The van der Waals surface area contributed by atoms with E-state index in [1.807, 2.05) is 30.3 Å². The second-order valence-corrected chi connectivity index (χ2v) is 9.02. The average Bonchev–Trinajstić information content (AvgIpc) is 3.39. The van der Waals surface area contributed by atoms with Crippen LogP contribution in [0.25, 0.3) is 0 Å². The SMILES string of the molecule is CC1=NN(C(=O)c2ccccc2)C(=O)[C@H]1C(c1ccccc1)[C@@H]1C(=O)N(C(=O)c2ccccc2)N=C1C. The lowest BCUT2D eigenvalue weighted by molar-refractivity contribution is -0.132. The van der Waals surface area contributed by atoms with Gasteiger partial charge in [-0.1, -0.05) is 66.7 Å². The summed E-state index contributed by atoms with van der Waals surface area (Å²) in [4.78, 5) is 53.6. The number of amides is 4. The summed E-state index contributed by atoms with van der Waals surface area (Å²) in [6.45, 7) is 3.35. The third kappa shape index (κ3) is 4.27. The fourth-order valence-electron chi connectivity index (χ4n) is 4.94. The monoisotopic (exact) mass is 492 g/mol. The number of imide groups is 2. The molecule has 0 radical (unpaired) electrons. The summed E-state index contributed by atoms with van der Waals surface area (Å²) in [6, 6.07) is 26.0. The first kappa shape index (κ1) is 24.0. The first-order valence-corrected chi connectivity index (χ1v) is 11.9. The molecular weight excluding hydrogens is 468 g/mol. The van der Waals surface area contributed by atoms with Crippen molar-refractivity contribution in [2.75, 3.05) is 0 Å². The lowest BCUT2D eigenvalue weighted by atomic mass is 9.73. The molecule has 184 valence electrons. The maximum Gasteiger partial charge on any atom is 0.281 e. The van der Waals surface area contributed by atoms with Gasteiger partial charge in [0, 0.05) is 28.5 Å². The zero-order chi connectivity index (χ0) is 26.1. The van der Waals surface area contributed by atoms with Crippen molar-refractivity contribution in [3.8, 4) is 0 Å². The number of hydrazone groups is 2. The van der Waals surface area contributed by atoms with E-state index in [9.17, 15) is 19.2 Å². The highest BCUT2D eigenvalue weighted by Gasteiger charge is 2.51. The third-order valence-electron chi connectivity index (χ3n) is 6.69. The van der Waals surface area contributed by atoms with Crippen LogP contribution in [0.15, 0.2) is 101 Å². The molecule has 0 spiro atoms. The van der Waals surface area contributed by atoms with Gasteiger partial charge in [0.25, 0.3) is 23.6 Å². The van der Waals surface area contributed by atoms with Gasteiger partial charge in [-0.3, -0.25) is 19.2 Å². The van der Waals surface area contributed by atoms with E-state index in [0.717, 1.165) is 10.0 Å². The Morgan fingerprint density at radius 3 is 1.35 bits per heavy atom. The topological polar surface area (TPSA) is 99.5 Å². The van der Waals surface area contributed by atoms with Gasteiger partial charge in [-0.05, 0) is 43.7 Å². The van der Waals surface area contributed by atoms with Crippen molar-refractivity contribution in [1.29, 1.82) is 0 Å². The van der Waals surface area contributed by atoms with E-state index in [0.29, 0.717) is 28.1 Å². The highest BCUT2D eigenvalue weighted by atomic mass is 16.2. The number of nitrogens with zero attached hydrogens (tertiary/aromatic N) is 4. The van der Waals surface area contributed by atoms with Crippen molar-refractivity contribution in [3.05, 3.63) is 108 Å². The van der Waals surface area contributed by atoms with Crippen molar-refractivity contribution >= 4 is 35.1 Å². The quantitative estimate of drug-likeness (QED) is 0.500. The molecular formula is C29H24N4O4. The fourth-order valence-corrected chi connectivity index (χ4v) is 4.94. The molecule has 2 aliphatic heterocycles. The van der Waals surface area contributed by atoms with Crippen molar-refractivity contribution in [1.82, 2.24) is 10.0 Å². The highest BCUT2D eigenvalue weighted by molar-refractivity contribution is 6.20. The fraction of sp³-hybridized carbons (Fsp3) is 0.172. The molecule has 0 aromatic heterocycles. The van der Waals surface area contributed by atoms with Crippen LogP contribution >= 0.6 is 0 Å². The Morgan fingerprint density at radius 1 is 0.622 bits per heavy atom. The molecule has 0 fully saturated rings. The van der Waals surface area contributed by atoms with Crippen LogP contribution in [-0.2, 0) is 9.59 Å². The Balaban J connectivity index is 1.51. The molecule has 4 amide bonds.